The molecule has 152 valence electrons. The summed E-state index contributed by atoms with van der Waals surface area (Å²) in [7, 11) is 0. The highest BCUT2D eigenvalue weighted by molar-refractivity contribution is 6.29. The van der Waals surface area contributed by atoms with Crippen molar-refractivity contribution >= 4 is 22.6 Å². The predicted molar refractivity (Wildman–Crippen MR) is 78.5 cm³/mol. The summed E-state index contributed by atoms with van der Waals surface area (Å²) in [5.41, 5.74) is -0.470. The van der Waals surface area contributed by atoms with E-state index in [4.69, 9.17) is 11.6 Å². The summed E-state index contributed by atoms with van der Waals surface area (Å²) in [6.07, 6.45) is -12.3. The van der Waals surface area contributed by atoms with Gasteiger partial charge in [-0.25, -0.2) is 14.6 Å². The second-order valence-electron chi connectivity index (χ2n) is 5.53. The van der Waals surface area contributed by atoms with Crippen LogP contribution in [0.25, 0.3) is 22.6 Å². The molecule has 0 aliphatic heterocycles. The van der Waals surface area contributed by atoms with Crippen LogP contribution in [-0.2, 0) is 12.7 Å². The molecule has 0 saturated heterocycles. The Labute approximate surface area is 154 Å². The topological polar surface area (TPSA) is 72.3 Å². The predicted octanol–water partition coefficient (Wildman–Crippen LogP) is 4.48. The lowest BCUT2D eigenvalue weighted by Gasteiger charge is -2.19. The van der Waals surface area contributed by atoms with E-state index in [1.54, 1.807) is 0 Å². The number of pyridine rings is 1. The van der Waals surface area contributed by atoms with Gasteiger partial charge in [0.05, 0.1) is 5.39 Å². The van der Waals surface area contributed by atoms with Crippen LogP contribution >= 0.6 is 11.6 Å². The summed E-state index contributed by atoms with van der Waals surface area (Å²) in [5.74, 6) is -6.97. The van der Waals surface area contributed by atoms with Crippen molar-refractivity contribution in [3.05, 3.63) is 23.1 Å². The first-order valence-electron chi connectivity index (χ1n) is 7.27. The highest BCUT2D eigenvalue weighted by Gasteiger charge is 2.56. The molecule has 15 heteroatoms. The van der Waals surface area contributed by atoms with E-state index >= 15 is 0 Å². The SMILES string of the molecule is FC(F)(F)c1n[nH]c(-c2nn(CCC(F)(F)C(F)(F)F)c3nc(Cl)ccc23)n1. The Morgan fingerprint density at radius 1 is 1.00 bits per heavy atom. The molecule has 0 bridgehead atoms. The third-order valence-electron chi connectivity index (χ3n) is 3.58. The zero-order valence-electron chi connectivity index (χ0n) is 13.2. The van der Waals surface area contributed by atoms with Crippen molar-refractivity contribution in [1.82, 2.24) is 29.9 Å². The molecule has 3 heterocycles. The Morgan fingerprint density at radius 3 is 2.25 bits per heavy atom. The van der Waals surface area contributed by atoms with Crippen molar-refractivity contribution in [1.29, 1.82) is 0 Å². The number of H-pyrrole nitrogens is 1. The number of nitrogens with zero attached hydrogens (tertiary/aromatic N) is 5. The fourth-order valence-electron chi connectivity index (χ4n) is 2.24. The van der Waals surface area contributed by atoms with Gasteiger partial charge in [-0.3, -0.25) is 5.10 Å². The zero-order chi connectivity index (χ0) is 20.9. The van der Waals surface area contributed by atoms with Gasteiger partial charge in [-0.05, 0) is 12.1 Å². The lowest BCUT2D eigenvalue weighted by atomic mass is 10.2. The molecule has 3 aromatic rings. The maximum Gasteiger partial charge on any atom is 0.453 e. The number of fused-ring (bicyclic) bond motifs is 1. The first-order valence-corrected chi connectivity index (χ1v) is 7.65. The largest absolute Gasteiger partial charge is 0.453 e. The molecule has 0 unspecified atom stereocenters. The number of aromatic amines is 1. The second kappa shape index (κ2) is 6.53. The van der Waals surface area contributed by atoms with Gasteiger partial charge in [0, 0.05) is 13.0 Å². The van der Waals surface area contributed by atoms with E-state index in [1.165, 1.54) is 12.1 Å². The molecule has 0 fully saturated rings. The maximum absolute atomic E-state index is 13.2. The van der Waals surface area contributed by atoms with Crippen LogP contribution in [0.3, 0.4) is 0 Å². The van der Waals surface area contributed by atoms with Crippen LogP contribution < -0.4 is 0 Å². The molecular formula is C13H7ClF8N6. The van der Waals surface area contributed by atoms with Gasteiger partial charge < -0.3 is 0 Å². The highest BCUT2D eigenvalue weighted by Crippen LogP contribution is 2.39. The Kier molecular flexibility index (Phi) is 4.72. The number of aryl methyl sites for hydroxylation is 1. The molecule has 3 aromatic heterocycles. The van der Waals surface area contributed by atoms with Crippen molar-refractivity contribution in [2.75, 3.05) is 0 Å². The first kappa shape index (κ1) is 20.2. The standard InChI is InChI=1S/C13H7ClF8N6/c14-6-2-1-5-7(8-24-10(26-25-8)12(17,18)19)27-28(9(5)23-6)4-3-11(15,16)13(20,21)22/h1-2H,3-4H2,(H,24,25,26). The molecule has 0 radical (unpaired) electrons. The molecule has 28 heavy (non-hydrogen) atoms. The van der Waals surface area contributed by atoms with E-state index in [2.05, 4.69) is 20.2 Å². The second-order valence-corrected chi connectivity index (χ2v) is 5.92. The number of halogens is 9. The van der Waals surface area contributed by atoms with Gasteiger partial charge >= 0.3 is 18.3 Å². The average molecular weight is 435 g/mol. The van der Waals surface area contributed by atoms with Crippen LogP contribution in [0.4, 0.5) is 35.1 Å². The summed E-state index contributed by atoms with van der Waals surface area (Å²) in [5, 5.41) is 8.67. The van der Waals surface area contributed by atoms with Crippen molar-refractivity contribution in [3.63, 3.8) is 0 Å². The lowest BCUT2D eigenvalue weighted by Crippen LogP contribution is -2.37. The van der Waals surface area contributed by atoms with Crippen LogP contribution in [0, 0.1) is 0 Å². The summed E-state index contributed by atoms with van der Waals surface area (Å²) in [4.78, 5) is 7.03. The maximum atomic E-state index is 13.2. The normalized spacial score (nSPS) is 13.5. The zero-order valence-corrected chi connectivity index (χ0v) is 14.0. The number of nitrogens with one attached hydrogen (secondary N) is 1. The van der Waals surface area contributed by atoms with Crippen LogP contribution in [-0.4, -0.2) is 42.0 Å². The minimum absolute atomic E-state index is 0.0320. The van der Waals surface area contributed by atoms with Crippen LogP contribution in [0.1, 0.15) is 12.2 Å². The molecule has 0 saturated carbocycles. The van der Waals surface area contributed by atoms with Crippen molar-refractivity contribution in [2.24, 2.45) is 0 Å². The molecule has 0 aliphatic rings. The van der Waals surface area contributed by atoms with Gasteiger partial charge in [-0.1, -0.05) is 11.6 Å². The molecule has 0 spiro atoms. The summed E-state index contributed by atoms with van der Waals surface area (Å²) in [6.45, 7) is -0.934. The van der Waals surface area contributed by atoms with Gasteiger partial charge in [0.1, 0.15) is 10.8 Å². The summed E-state index contributed by atoms with van der Waals surface area (Å²) >= 11 is 5.71. The quantitative estimate of drug-likeness (QED) is 0.485. The smallest absolute Gasteiger partial charge is 0.257 e. The first-order chi connectivity index (χ1) is 12.8. The van der Waals surface area contributed by atoms with Gasteiger partial charge in [0.2, 0.25) is 0 Å². The van der Waals surface area contributed by atoms with Gasteiger partial charge in [-0.2, -0.15) is 40.2 Å². The molecular weight excluding hydrogens is 428 g/mol. The van der Waals surface area contributed by atoms with Crippen molar-refractivity contribution in [2.45, 2.75) is 31.2 Å². The Bertz CT molecular complexity index is 1000. The van der Waals surface area contributed by atoms with E-state index in [1.807, 2.05) is 5.10 Å². The summed E-state index contributed by atoms with van der Waals surface area (Å²) < 4.78 is 102. The number of aromatic nitrogens is 6. The Balaban J connectivity index is 2.03. The lowest BCUT2D eigenvalue weighted by molar-refractivity contribution is -0.285. The van der Waals surface area contributed by atoms with E-state index in [0.717, 1.165) is 0 Å². The number of hydrogen-bond acceptors (Lipinski definition) is 4. The highest BCUT2D eigenvalue weighted by atomic mass is 35.5. The van der Waals surface area contributed by atoms with Crippen molar-refractivity contribution in [3.8, 4) is 11.5 Å². The van der Waals surface area contributed by atoms with Gasteiger partial charge in [-0.15, -0.1) is 5.10 Å². The summed E-state index contributed by atoms with van der Waals surface area (Å²) in [6, 6.07) is 2.51. The van der Waals surface area contributed by atoms with Gasteiger partial charge in [0.15, 0.2) is 11.5 Å². The molecule has 0 aliphatic carbocycles. The van der Waals surface area contributed by atoms with E-state index in [-0.39, 0.29) is 21.9 Å². The van der Waals surface area contributed by atoms with Gasteiger partial charge in [0.25, 0.3) is 5.82 Å². The fraction of sp³-hybridized carbons (Fsp3) is 0.385. The molecule has 0 atom stereocenters. The van der Waals surface area contributed by atoms with E-state index in [9.17, 15) is 35.1 Å². The van der Waals surface area contributed by atoms with E-state index in [0.29, 0.717) is 4.68 Å². The van der Waals surface area contributed by atoms with Crippen molar-refractivity contribution < 1.29 is 35.1 Å². The average Bonchev–Trinajstić information content (AvgIpc) is 3.16. The number of hydrogen-bond donors (Lipinski definition) is 1. The monoisotopic (exact) mass is 434 g/mol. The van der Waals surface area contributed by atoms with Crippen LogP contribution in [0.2, 0.25) is 5.15 Å². The minimum atomic E-state index is -5.77. The van der Waals surface area contributed by atoms with Crippen LogP contribution in [0.15, 0.2) is 12.1 Å². The minimum Gasteiger partial charge on any atom is -0.257 e. The van der Waals surface area contributed by atoms with E-state index < -0.39 is 42.9 Å². The molecule has 3 rings (SSSR count). The molecule has 6 nitrogen and oxygen atoms in total. The Hall–Kier alpha value is -2.51. The number of alkyl halides is 8. The molecule has 0 amide bonds. The fourth-order valence-corrected chi connectivity index (χ4v) is 2.39. The third kappa shape index (κ3) is 3.72. The third-order valence-corrected chi connectivity index (χ3v) is 3.79. The molecule has 0 aromatic carbocycles. The van der Waals surface area contributed by atoms with Crippen LogP contribution in [0.5, 0.6) is 0 Å². The molecule has 1 N–H and O–H groups in total. The Morgan fingerprint density at radius 2 is 1.68 bits per heavy atom. The number of rotatable bonds is 4.